The van der Waals surface area contributed by atoms with Crippen molar-refractivity contribution < 1.29 is 14.3 Å². The van der Waals surface area contributed by atoms with Gasteiger partial charge in [0.15, 0.2) is 0 Å². The van der Waals surface area contributed by atoms with Crippen LogP contribution < -0.4 is 10.1 Å². The Balaban J connectivity index is 1.70. The molecule has 0 atom stereocenters. The molecule has 1 N–H and O–H groups in total. The van der Waals surface area contributed by atoms with Gasteiger partial charge < -0.3 is 14.8 Å². The molecule has 0 spiro atoms. The molecule has 28 heavy (non-hydrogen) atoms. The Bertz CT molecular complexity index is 923. The molecule has 0 bridgehead atoms. The van der Waals surface area contributed by atoms with Gasteiger partial charge in [-0.25, -0.2) is 9.48 Å². The van der Waals surface area contributed by atoms with Gasteiger partial charge in [-0.15, -0.1) is 0 Å². The summed E-state index contributed by atoms with van der Waals surface area (Å²) in [7, 11) is 1.65. The Morgan fingerprint density at radius 1 is 1.04 bits per heavy atom. The molecule has 0 radical (unpaired) electrons. The summed E-state index contributed by atoms with van der Waals surface area (Å²) in [4.78, 5) is 11.8. The number of rotatable bonds is 5. The number of nitrogens with zero attached hydrogens (tertiary/aromatic N) is 2. The zero-order valence-electron chi connectivity index (χ0n) is 16.6. The summed E-state index contributed by atoms with van der Waals surface area (Å²) in [5, 5.41) is 7.20. The first kappa shape index (κ1) is 19.5. The van der Waals surface area contributed by atoms with Gasteiger partial charge >= 0.3 is 6.09 Å². The smallest absolute Gasteiger partial charge is 0.407 e. The van der Waals surface area contributed by atoms with Crippen LogP contribution >= 0.6 is 0 Å². The van der Waals surface area contributed by atoms with E-state index >= 15 is 0 Å². The number of alkyl carbamates (subject to hydrolysis) is 1. The molecule has 6 heteroatoms. The van der Waals surface area contributed by atoms with E-state index in [0.29, 0.717) is 6.54 Å². The Morgan fingerprint density at radius 2 is 1.71 bits per heavy atom. The predicted octanol–water partition coefficient (Wildman–Crippen LogP) is 4.57. The molecule has 0 aliphatic heterocycles. The highest BCUT2D eigenvalue weighted by atomic mass is 16.6. The molecule has 1 amide bonds. The van der Waals surface area contributed by atoms with Crippen LogP contribution in [0.15, 0.2) is 60.8 Å². The summed E-state index contributed by atoms with van der Waals surface area (Å²) in [6.07, 6.45) is 1.35. The highest BCUT2D eigenvalue weighted by Gasteiger charge is 2.15. The first-order chi connectivity index (χ1) is 13.4. The third-order valence-corrected chi connectivity index (χ3v) is 4.05. The number of benzene rings is 2. The molecule has 3 rings (SSSR count). The molecule has 1 aromatic heterocycles. The summed E-state index contributed by atoms with van der Waals surface area (Å²) in [5.74, 6) is 0.805. The maximum absolute atomic E-state index is 11.8. The molecule has 1 heterocycles. The summed E-state index contributed by atoms with van der Waals surface area (Å²) in [6.45, 7) is 5.93. The maximum Gasteiger partial charge on any atom is 0.407 e. The van der Waals surface area contributed by atoms with Crippen molar-refractivity contribution in [2.45, 2.75) is 32.9 Å². The molecule has 0 aliphatic carbocycles. The van der Waals surface area contributed by atoms with E-state index in [1.807, 2.05) is 80.1 Å². The number of amides is 1. The van der Waals surface area contributed by atoms with E-state index in [9.17, 15) is 4.79 Å². The zero-order chi connectivity index (χ0) is 20.1. The molecular formula is C22H25N3O3. The lowest BCUT2D eigenvalue weighted by atomic mass is 10.1. The van der Waals surface area contributed by atoms with E-state index in [4.69, 9.17) is 9.47 Å². The summed E-state index contributed by atoms with van der Waals surface area (Å²) >= 11 is 0. The van der Waals surface area contributed by atoms with Gasteiger partial charge in [-0.1, -0.05) is 24.3 Å². The number of hydrogen-bond acceptors (Lipinski definition) is 4. The van der Waals surface area contributed by atoms with Crippen molar-refractivity contribution in [3.8, 4) is 22.7 Å². The van der Waals surface area contributed by atoms with Crippen molar-refractivity contribution in [2.24, 2.45) is 0 Å². The second-order valence-electron chi connectivity index (χ2n) is 7.38. The zero-order valence-corrected chi connectivity index (χ0v) is 16.6. The normalized spacial score (nSPS) is 11.1. The van der Waals surface area contributed by atoms with Crippen LogP contribution in [0.4, 0.5) is 4.79 Å². The Morgan fingerprint density at radius 3 is 2.32 bits per heavy atom. The van der Waals surface area contributed by atoms with Gasteiger partial charge in [0.05, 0.1) is 24.7 Å². The van der Waals surface area contributed by atoms with E-state index in [1.54, 1.807) is 13.3 Å². The minimum absolute atomic E-state index is 0.410. The molecule has 146 valence electrons. The van der Waals surface area contributed by atoms with Crippen LogP contribution in [0.5, 0.6) is 5.75 Å². The highest BCUT2D eigenvalue weighted by molar-refractivity contribution is 5.68. The van der Waals surface area contributed by atoms with Crippen LogP contribution in [-0.2, 0) is 11.3 Å². The number of methoxy groups -OCH3 is 1. The number of aromatic nitrogens is 2. The Labute approximate surface area is 165 Å². The Kier molecular flexibility index (Phi) is 5.68. The van der Waals surface area contributed by atoms with Crippen LogP contribution in [0.25, 0.3) is 16.9 Å². The lowest BCUT2D eigenvalue weighted by molar-refractivity contribution is 0.0523. The van der Waals surface area contributed by atoms with E-state index in [-0.39, 0.29) is 0 Å². The molecule has 0 saturated carbocycles. The number of carbonyl (C=O) groups excluding carboxylic acids is 1. The number of hydrogen-bond donors (Lipinski definition) is 1. The third kappa shape index (κ3) is 4.91. The van der Waals surface area contributed by atoms with Crippen molar-refractivity contribution in [1.29, 1.82) is 0 Å². The van der Waals surface area contributed by atoms with Gasteiger partial charge in [0.25, 0.3) is 0 Å². The second kappa shape index (κ2) is 8.17. The fourth-order valence-electron chi connectivity index (χ4n) is 2.73. The van der Waals surface area contributed by atoms with Crippen LogP contribution in [0.2, 0.25) is 0 Å². The molecule has 0 fully saturated rings. The molecular weight excluding hydrogens is 354 g/mol. The van der Waals surface area contributed by atoms with Gasteiger partial charge in [-0.3, -0.25) is 0 Å². The third-order valence-electron chi connectivity index (χ3n) is 4.05. The average molecular weight is 379 g/mol. The van der Waals surface area contributed by atoms with Crippen LogP contribution in [0, 0.1) is 0 Å². The number of ether oxygens (including phenoxy) is 2. The van der Waals surface area contributed by atoms with Crippen molar-refractivity contribution in [3.05, 3.63) is 66.4 Å². The van der Waals surface area contributed by atoms with Gasteiger partial charge in [0.1, 0.15) is 11.4 Å². The maximum atomic E-state index is 11.8. The first-order valence-electron chi connectivity index (χ1n) is 9.10. The lowest BCUT2D eigenvalue weighted by Gasteiger charge is -2.19. The van der Waals surface area contributed by atoms with Crippen LogP contribution in [0.3, 0.4) is 0 Å². The SMILES string of the molecule is COc1ccc(-n2nccc2-c2ccc(CNC(=O)OC(C)(C)C)cc2)cc1. The van der Waals surface area contributed by atoms with Gasteiger partial charge in [-0.2, -0.15) is 5.10 Å². The molecule has 6 nitrogen and oxygen atoms in total. The molecule has 0 saturated heterocycles. The molecule has 3 aromatic rings. The number of nitrogens with one attached hydrogen (secondary N) is 1. The topological polar surface area (TPSA) is 65.4 Å². The van der Waals surface area contributed by atoms with Crippen molar-refractivity contribution in [2.75, 3.05) is 7.11 Å². The quantitative estimate of drug-likeness (QED) is 0.705. The predicted molar refractivity (Wildman–Crippen MR) is 109 cm³/mol. The molecule has 2 aromatic carbocycles. The monoisotopic (exact) mass is 379 g/mol. The van der Waals surface area contributed by atoms with Gasteiger partial charge in [-0.05, 0) is 56.7 Å². The van der Waals surface area contributed by atoms with Crippen molar-refractivity contribution in [1.82, 2.24) is 15.1 Å². The summed E-state index contributed by atoms with van der Waals surface area (Å²) < 4.78 is 12.3. The minimum Gasteiger partial charge on any atom is -0.497 e. The largest absolute Gasteiger partial charge is 0.497 e. The fraction of sp³-hybridized carbons (Fsp3) is 0.273. The van der Waals surface area contributed by atoms with E-state index < -0.39 is 11.7 Å². The highest BCUT2D eigenvalue weighted by Crippen LogP contribution is 2.24. The number of carbonyl (C=O) groups is 1. The molecule has 0 aliphatic rings. The fourth-order valence-corrected chi connectivity index (χ4v) is 2.73. The second-order valence-corrected chi connectivity index (χ2v) is 7.38. The van der Waals surface area contributed by atoms with E-state index in [1.165, 1.54) is 0 Å². The van der Waals surface area contributed by atoms with Crippen molar-refractivity contribution >= 4 is 6.09 Å². The summed E-state index contributed by atoms with van der Waals surface area (Å²) in [5.41, 5.74) is 3.46. The lowest BCUT2D eigenvalue weighted by Crippen LogP contribution is -2.32. The standard InChI is InChI=1S/C22H25N3O3/c1-22(2,3)28-21(26)23-15-16-5-7-17(8-6-16)20-13-14-24-25(20)18-9-11-19(27-4)12-10-18/h5-14H,15H2,1-4H3,(H,23,26). The van der Waals surface area contributed by atoms with Gasteiger partial charge in [0.2, 0.25) is 0 Å². The Hall–Kier alpha value is -3.28. The van der Waals surface area contributed by atoms with Crippen LogP contribution in [-0.4, -0.2) is 28.6 Å². The van der Waals surface area contributed by atoms with Crippen LogP contribution in [0.1, 0.15) is 26.3 Å². The molecule has 0 unspecified atom stereocenters. The van der Waals surface area contributed by atoms with Crippen molar-refractivity contribution in [3.63, 3.8) is 0 Å². The first-order valence-corrected chi connectivity index (χ1v) is 9.10. The summed E-state index contributed by atoms with van der Waals surface area (Å²) in [6, 6.07) is 17.7. The minimum atomic E-state index is -0.506. The van der Waals surface area contributed by atoms with E-state index in [0.717, 1.165) is 28.3 Å². The average Bonchev–Trinajstić information content (AvgIpc) is 3.15. The van der Waals surface area contributed by atoms with Gasteiger partial charge in [0, 0.05) is 12.1 Å². The van der Waals surface area contributed by atoms with E-state index in [2.05, 4.69) is 10.4 Å².